The maximum absolute atomic E-state index is 13.0. The SMILES string of the molecule is COC(=O)C(CNc1ccc(F)c(F)c1)C(C)C. The Morgan fingerprint density at radius 1 is 1.33 bits per heavy atom. The zero-order valence-corrected chi connectivity index (χ0v) is 10.7. The number of esters is 1. The third-order valence-electron chi connectivity index (χ3n) is 2.75. The van der Waals surface area contributed by atoms with Crippen molar-refractivity contribution in [1.29, 1.82) is 0 Å². The van der Waals surface area contributed by atoms with Gasteiger partial charge in [0, 0.05) is 12.2 Å². The first-order chi connectivity index (χ1) is 8.45. The van der Waals surface area contributed by atoms with E-state index in [1.807, 2.05) is 13.8 Å². The highest BCUT2D eigenvalue weighted by Gasteiger charge is 2.22. The first kappa shape index (κ1) is 14.4. The van der Waals surface area contributed by atoms with Gasteiger partial charge in [0.1, 0.15) is 0 Å². The highest BCUT2D eigenvalue weighted by Crippen LogP contribution is 2.17. The van der Waals surface area contributed by atoms with Gasteiger partial charge >= 0.3 is 5.97 Å². The largest absolute Gasteiger partial charge is 0.469 e. The number of hydrogen-bond donors (Lipinski definition) is 1. The van der Waals surface area contributed by atoms with E-state index in [0.29, 0.717) is 12.2 Å². The predicted octanol–water partition coefficient (Wildman–Crippen LogP) is 2.82. The summed E-state index contributed by atoms with van der Waals surface area (Å²) in [5, 5.41) is 2.90. The number of methoxy groups -OCH3 is 1. The lowest BCUT2D eigenvalue weighted by molar-refractivity contribution is -0.146. The molecule has 0 amide bonds. The van der Waals surface area contributed by atoms with E-state index in [2.05, 4.69) is 5.32 Å². The van der Waals surface area contributed by atoms with Gasteiger partial charge in [-0.05, 0) is 24.1 Å². The molecular formula is C13H17F2NO2. The fourth-order valence-corrected chi connectivity index (χ4v) is 1.58. The van der Waals surface area contributed by atoms with E-state index in [9.17, 15) is 13.6 Å². The number of carbonyl (C=O) groups is 1. The van der Waals surface area contributed by atoms with Crippen LogP contribution in [0.1, 0.15) is 13.8 Å². The van der Waals surface area contributed by atoms with E-state index >= 15 is 0 Å². The molecule has 0 aliphatic carbocycles. The molecule has 1 aromatic rings. The van der Waals surface area contributed by atoms with Crippen molar-refractivity contribution in [2.45, 2.75) is 13.8 Å². The second-order valence-electron chi connectivity index (χ2n) is 4.38. The summed E-state index contributed by atoms with van der Waals surface area (Å²) < 4.78 is 30.4. The Bertz CT molecular complexity index is 421. The molecule has 5 heteroatoms. The summed E-state index contributed by atoms with van der Waals surface area (Å²) in [4.78, 5) is 11.5. The molecule has 0 heterocycles. The van der Waals surface area contributed by atoms with Crippen LogP contribution in [0.25, 0.3) is 0 Å². The first-order valence-corrected chi connectivity index (χ1v) is 5.72. The molecular weight excluding hydrogens is 240 g/mol. The molecule has 0 saturated carbocycles. The van der Waals surface area contributed by atoms with Crippen molar-refractivity contribution in [2.75, 3.05) is 19.0 Å². The fourth-order valence-electron chi connectivity index (χ4n) is 1.58. The lowest BCUT2D eigenvalue weighted by Crippen LogP contribution is -2.28. The van der Waals surface area contributed by atoms with Crippen molar-refractivity contribution in [3.05, 3.63) is 29.8 Å². The van der Waals surface area contributed by atoms with E-state index in [1.165, 1.54) is 13.2 Å². The fraction of sp³-hybridized carbons (Fsp3) is 0.462. The molecule has 0 spiro atoms. The molecule has 1 N–H and O–H groups in total. The monoisotopic (exact) mass is 257 g/mol. The van der Waals surface area contributed by atoms with E-state index < -0.39 is 11.6 Å². The second kappa shape index (κ2) is 6.33. The molecule has 0 radical (unpaired) electrons. The Labute approximate surface area is 105 Å². The van der Waals surface area contributed by atoms with Crippen molar-refractivity contribution in [3.63, 3.8) is 0 Å². The number of carbonyl (C=O) groups excluding carboxylic acids is 1. The van der Waals surface area contributed by atoms with Crippen LogP contribution >= 0.6 is 0 Å². The van der Waals surface area contributed by atoms with Gasteiger partial charge in [0.25, 0.3) is 0 Å². The number of benzene rings is 1. The van der Waals surface area contributed by atoms with Crippen LogP contribution in [0.4, 0.5) is 14.5 Å². The Kier molecular flexibility index (Phi) is 5.07. The van der Waals surface area contributed by atoms with Crippen LogP contribution in [0, 0.1) is 23.5 Å². The lowest BCUT2D eigenvalue weighted by Gasteiger charge is -2.19. The minimum Gasteiger partial charge on any atom is -0.469 e. The van der Waals surface area contributed by atoms with Gasteiger partial charge in [-0.3, -0.25) is 4.79 Å². The highest BCUT2D eigenvalue weighted by molar-refractivity contribution is 5.73. The quantitative estimate of drug-likeness (QED) is 0.824. The first-order valence-electron chi connectivity index (χ1n) is 5.72. The molecule has 1 atom stereocenters. The molecule has 1 rings (SSSR count). The molecule has 1 aromatic carbocycles. The minimum atomic E-state index is -0.917. The van der Waals surface area contributed by atoms with Crippen LogP contribution in [0.15, 0.2) is 18.2 Å². The average Bonchev–Trinajstić information content (AvgIpc) is 2.33. The average molecular weight is 257 g/mol. The Hall–Kier alpha value is -1.65. The van der Waals surface area contributed by atoms with Gasteiger partial charge in [-0.1, -0.05) is 13.8 Å². The Balaban J connectivity index is 2.67. The molecule has 0 aliphatic rings. The zero-order chi connectivity index (χ0) is 13.7. The molecule has 0 fully saturated rings. The van der Waals surface area contributed by atoms with Gasteiger partial charge in [0.15, 0.2) is 11.6 Å². The third-order valence-corrected chi connectivity index (χ3v) is 2.75. The van der Waals surface area contributed by atoms with Crippen molar-refractivity contribution in [3.8, 4) is 0 Å². The Morgan fingerprint density at radius 3 is 2.50 bits per heavy atom. The van der Waals surface area contributed by atoms with Gasteiger partial charge in [0.2, 0.25) is 0 Å². The summed E-state index contributed by atoms with van der Waals surface area (Å²) in [7, 11) is 1.33. The summed E-state index contributed by atoms with van der Waals surface area (Å²) >= 11 is 0. The van der Waals surface area contributed by atoms with Crippen LogP contribution in [0.2, 0.25) is 0 Å². The van der Waals surface area contributed by atoms with Crippen LogP contribution in [0.5, 0.6) is 0 Å². The van der Waals surface area contributed by atoms with Crippen molar-refractivity contribution in [2.24, 2.45) is 11.8 Å². The van der Waals surface area contributed by atoms with Crippen LogP contribution < -0.4 is 5.32 Å². The minimum absolute atomic E-state index is 0.0928. The van der Waals surface area contributed by atoms with Crippen molar-refractivity contribution in [1.82, 2.24) is 0 Å². The topological polar surface area (TPSA) is 38.3 Å². The summed E-state index contributed by atoms with van der Waals surface area (Å²) in [5.74, 6) is -2.37. The van der Waals surface area contributed by atoms with E-state index in [-0.39, 0.29) is 17.8 Å². The number of nitrogens with one attached hydrogen (secondary N) is 1. The normalized spacial score (nSPS) is 12.3. The van der Waals surface area contributed by atoms with Crippen molar-refractivity contribution < 1.29 is 18.3 Å². The van der Waals surface area contributed by atoms with Gasteiger partial charge in [-0.2, -0.15) is 0 Å². The molecule has 100 valence electrons. The maximum atomic E-state index is 13.0. The van der Waals surface area contributed by atoms with Gasteiger partial charge in [-0.15, -0.1) is 0 Å². The van der Waals surface area contributed by atoms with Crippen LogP contribution in [0.3, 0.4) is 0 Å². The molecule has 0 aromatic heterocycles. The smallest absolute Gasteiger partial charge is 0.310 e. The van der Waals surface area contributed by atoms with E-state index in [1.54, 1.807) is 0 Å². The summed E-state index contributed by atoms with van der Waals surface area (Å²) in [6, 6.07) is 3.53. The summed E-state index contributed by atoms with van der Waals surface area (Å²) in [6.45, 7) is 4.11. The highest BCUT2D eigenvalue weighted by atomic mass is 19.2. The summed E-state index contributed by atoms with van der Waals surface area (Å²) in [6.07, 6.45) is 0. The van der Waals surface area contributed by atoms with Crippen LogP contribution in [-0.4, -0.2) is 19.6 Å². The van der Waals surface area contributed by atoms with Gasteiger partial charge < -0.3 is 10.1 Å². The molecule has 0 bridgehead atoms. The Morgan fingerprint density at radius 2 is 2.00 bits per heavy atom. The number of hydrogen-bond acceptors (Lipinski definition) is 3. The number of anilines is 1. The van der Waals surface area contributed by atoms with E-state index in [0.717, 1.165) is 12.1 Å². The number of rotatable bonds is 5. The molecule has 18 heavy (non-hydrogen) atoms. The third kappa shape index (κ3) is 3.68. The standard InChI is InChI=1S/C13H17F2NO2/c1-8(2)10(13(17)18-3)7-16-9-4-5-11(14)12(15)6-9/h4-6,8,10,16H,7H2,1-3H3. The zero-order valence-electron chi connectivity index (χ0n) is 10.7. The predicted molar refractivity (Wildman–Crippen MR) is 65.2 cm³/mol. The van der Waals surface area contributed by atoms with Crippen LogP contribution in [-0.2, 0) is 9.53 Å². The number of halogens is 2. The van der Waals surface area contributed by atoms with Gasteiger partial charge in [-0.25, -0.2) is 8.78 Å². The number of ether oxygens (including phenoxy) is 1. The maximum Gasteiger partial charge on any atom is 0.310 e. The summed E-state index contributed by atoms with van der Waals surface area (Å²) in [5.41, 5.74) is 0.434. The molecule has 0 saturated heterocycles. The van der Waals surface area contributed by atoms with Crippen molar-refractivity contribution >= 4 is 11.7 Å². The molecule has 0 aliphatic heterocycles. The second-order valence-corrected chi connectivity index (χ2v) is 4.38. The molecule has 3 nitrogen and oxygen atoms in total. The lowest BCUT2D eigenvalue weighted by atomic mass is 9.96. The molecule has 1 unspecified atom stereocenters. The van der Waals surface area contributed by atoms with Gasteiger partial charge in [0.05, 0.1) is 13.0 Å². The van der Waals surface area contributed by atoms with E-state index in [4.69, 9.17) is 4.74 Å².